The maximum absolute atomic E-state index is 13.9. The molecule has 0 radical (unpaired) electrons. The van der Waals surface area contributed by atoms with E-state index in [9.17, 15) is 27.6 Å². The number of ether oxygens (including phenoxy) is 1. The molecule has 212 valence electrons. The minimum absolute atomic E-state index is 0.145. The van der Waals surface area contributed by atoms with Crippen LogP contribution < -0.4 is 10.0 Å². The van der Waals surface area contributed by atoms with Gasteiger partial charge in [-0.05, 0) is 71.6 Å². The fourth-order valence-electron chi connectivity index (χ4n) is 5.83. The molecule has 4 rings (SSSR count). The first-order chi connectivity index (χ1) is 17.8. The minimum atomic E-state index is -3.79. The lowest BCUT2D eigenvalue weighted by atomic mass is 9.79. The SMILES string of the molecule is C=C[C@@H]1C[C@]1(NC(=O)[C@@H]1CCCN1C(=O)[C@@H](C(=O)OC(C)(C)C)C1CCCCC1)C(=O)NS(=O)(=O)C1CC1. The standard InChI is InChI=1S/C27H41N3O7S/c1-5-18-16-27(18,25(34)29-38(35,36)19-13-14-19)28-22(31)20-12-9-15-30(20)23(32)21(17-10-7-6-8-11-17)24(33)37-26(2,3)4/h5,17-21H,1,6-16H2,2-4H3,(H,28,31)(H,29,34)/t18-,20+,21+,27-/m1/s1. The van der Waals surface area contributed by atoms with E-state index in [1.807, 2.05) is 0 Å². The molecule has 3 aliphatic carbocycles. The molecule has 1 aliphatic heterocycles. The molecule has 3 saturated carbocycles. The fraction of sp³-hybridized carbons (Fsp3) is 0.778. The first-order valence-electron chi connectivity index (χ1n) is 13.8. The number of likely N-dealkylation sites (tertiary alicyclic amines) is 1. The monoisotopic (exact) mass is 551 g/mol. The molecular weight excluding hydrogens is 510 g/mol. The Bertz CT molecular complexity index is 1090. The van der Waals surface area contributed by atoms with Crippen LogP contribution in [0.3, 0.4) is 0 Å². The molecule has 0 aromatic heterocycles. The van der Waals surface area contributed by atoms with Crippen molar-refractivity contribution in [2.45, 2.75) is 107 Å². The first-order valence-corrected chi connectivity index (χ1v) is 15.4. The van der Waals surface area contributed by atoms with Crippen LogP contribution in [-0.4, -0.2) is 66.0 Å². The van der Waals surface area contributed by atoms with E-state index in [4.69, 9.17) is 4.74 Å². The number of nitrogens with one attached hydrogen (secondary N) is 2. The minimum Gasteiger partial charge on any atom is -0.459 e. The lowest BCUT2D eigenvalue weighted by Gasteiger charge is -2.34. The van der Waals surface area contributed by atoms with Gasteiger partial charge in [0, 0.05) is 12.5 Å². The Hall–Kier alpha value is -2.43. The fourth-order valence-corrected chi connectivity index (χ4v) is 7.19. The number of esters is 1. The van der Waals surface area contributed by atoms with E-state index in [0.29, 0.717) is 32.2 Å². The number of hydrogen-bond acceptors (Lipinski definition) is 7. The van der Waals surface area contributed by atoms with Crippen molar-refractivity contribution < 1.29 is 32.3 Å². The lowest BCUT2D eigenvalue weighted by Crippen LogP contribution is -2.57. The molecule has 0 unspecified atom stereocenters. The molecule has 4 fully saturated rings. The molecule has 38 heavy (non-hydrogen) atoms. The molecule has 4 atom stereocenters. The predicted molar refractivity (Wildman–Crippen MR) is 140 cm³/mol. The molecule has 1 heterocycles. The summed E-state index contributed by atoms with van der Waals surface area (Å²) in [4.78, 5) is 55.1. The molecule has 10 nitrogen and oxygen atoms in total. The van der Waals surface area contributed by atoms with Crippen molar-refractivity contribution >= 4 is 33.7 Å². The summed E-state index contributed by atoms with van der Waals surface area (Å²) in [5.41, 5.74) is -2.16. The average molecular weight is 552 g/mol. The van der Waals surface area contributed by atoms with Crippen molar-refractivity contribution in [1.29, 1.82) is 0 Å². The molecule has 4 aliphatic rings. The van der Waals surface area contributed by atoms with Gasteiger partial charge in [0.25, 0.3) is 5.91 Å². The molecule has 3 amide bonds. The number of rotatable bonds is 9. The molecule has 0 aromatic rings. The summed E-state index contributed by atoms with van der Waals surface area (Å²) in [6, 6.07) is -0.855. The first kappa shape index (κ1) is 28.6. The van der Waals surface area contributed by atoms with Gasteiger partial charge < -0.3 is 15.0 Å². The van der Waals surface area contributed by atoms with Crippen LogP contribution in [0, 0.1) is 17.8 Å². The van der Waals surface area contributed by atoms with Crippen molar-refractivity contribution in [3.63, 3.8) is 0 Å². The van der Waals surface area contributed by atoms with E-state index in [2.05, 4.69) is 16.6 Å². The van der Waals surface area contributed by atoms with Crippen molar-refractivity contribution in [2.24, 2.45) is 17.8 Å². The number of sulfonamides is 1. The Kier molecular flexibility index (Phi) is 7.99. The number of carbonyl (C=O) groups is 4. The number of amides is 3. The van der Waals surface area contributed by atoms with Gasteiger partial charge in [-0.3, -0.25) is 23.9 Å². The van der Waals surface area contributed by atoms with Crippen molar-refractivity contribution in [1.82, 2.24) is 14.9 Å². The van der Waals surface area contributed by atoms with E-state index in [-0.39, 0.29) is 12.3 Å². The van der Waals surface area contributed by atoms with Crippen LogP contribution in [0.15, 0.2) is 12.7 Å². The third-order valence-electron chi connectivity index (χ3n) is 8.14. The molecule has 11 heteroatoms. The third-order valence-corrected chi connectivity index (χ3v) is 9.95. The molecular formula is C27H41N3O7S. The topological polar surface area (TPSA) is 139 Å². The largest absolute Gasteiger partial charge is 0.459 e. The lowest BCUT2D eigenvalue weighted by molar-refractivity contribution is -0.169. The smallest absolute Gasteiger partial charge is 0.319 e. The van der Waals surface area contributed by atoms with Gasteiger partial charge in [0.1, 0.15) is 23.1 Å². The normalized spacial score (nSPS) is 28.8. The van der Waals surface area contributed by atoms with Crippen molar-refractivity contribution in [3.8, 4) is 0 Å². The summed E-state index contributed by atoms with van der Waals surface area (Å²) < 4.78 is 32.5. The Morgan fingerprint density at radius 2 is 1.68 bits per heavy atom. The quantitative estimate of drug-likeness (QED) is 0.254. The van der Waals surface area contributed by atoms with Gasteiger partial charge in [0.05, 0.1) is 5.25 Å². The van der Waals surface area contributed by atoms with Crippen LogP contribution in [0.5, 0.6) is 0 Å². The van der Waals surface area contributed by atoms with Crippen LogP contribution in [0.1, 0.15) is 85.0 Å². The molecule has 0 bridgehead atoms. The zero-order valence-corrected chi connectivity index (χ0v) is 23.5. The summed E-state index contributed by atoms with van der Waals surface area (Å²) in [5, 5.41) is 2.19. The molecule has 1 saturated heterocycles. The van der Waals surface area contributed by atoms with Crippen molar-refractivity contribution in [3.05, 3.63) is 12.7 Å². The second-order valence-electron chi connectivity index (χ2n) is 12.3. The van der Waals surface area contributed by atoms with Gasteiger partial charge in [-0.25, -0.2) is 8.42 Å². The maximum Gasteiger partial charge on any atom is 0.319 e. The summed E-state index contributed by atoms with van der Waals surface area (Å²) in [7, 11) is -3.79. The van der Waals surface area contributed by atoms with Crippen molar-refractivity contribution in [2.75, 3.05) is 6.54 Å². The van der Waals surface area contributed by atoms with Crippen LogP contribution >= 0.6 is 0 Å². The second kappa shape index (κ2) is 10.6. The maximum atomic E-state index is 13.9. The van der Waals surface area contributed by atoms with E-state index in [1.165, 1.54) is 11.0 Å². The zero-order chi connectivity index (χ0) is 27.9. The second-order valence-corrected chi connectivity index (χ2v) is 14.2. The Labute approximate surface area is 225 Å². The van der Waals surface area contributed by atoms with Gasteiger partial charge in [0.2, 0.25) is 21.8 Å². The highest BCUT2D eigenvalue weighted by molar-refractivity contribution is 7.91. The van der Waals surface area contributed by atoms with Crippen LogP contribution in [-0.2, 0) is 33.9 Å². The zero-order valence-electron chi connectivity index (χ0n) is 22.7. The Morgan fingerprint density at radius 1 is 1.03 bits per heavy atom. The van der Waals surface area contributed by atoms with Crippen LogP contribution in [0.2, 0.25) is 0 Å². The number of nitrogens with zero attached hydrogens (tertiary/aromatic N) is 1. The van der Waals surface area contributed by atoms with Gasteiger partial charge in [-0.2, -0.15) is 0 Å². The van der Waals surface area contributed by atoms with E-state index in [0.717, 1.165) is 32.1 Å². The van der Waals surface area contributed by atoms with Crippen LogP contribution in [0.4, 0.5) is 0 Å². The number of hydrogen-bond donors (Lipinski definition) is 2. The molecule has 0 aromatic carbocycles. The van der Waals surface area contributed by atoms with Crippen LogP contribution in [0.25, 0.3) is 0 Å². The highest BCUT2D eigenvalue weighted by Crippen LogP contribution is 2.45. The van der Waals surface area contributed by atoms with Gasteiger partial charge >= 0.3 is 5.97 Å². The van der Waals surface area contributed by atoms with Gasteiger partial charge in [-0.1, -0.05) is 25.3 Å². The average Bonchev–Trinajstić information content (AvgIpc) is 3.75. The summed E-state index contributed by atoms with van der Waals surface area (Å²) in [6.45, 7) is 9.33. The number of carbonyl (C=O) groups excluding carboxylic acids is 4. The Morgan fingerprint density at radius 3 is 2.24 bits per heavy atom. The Balaban J connectivity index is 1.50. The van der Waals surface area contributed by atoms with E-state index in [1.54, 1.807) is 20.8 Å². The predicted octanol–water partition coefficient (Wildman–Crippen LogP) is 2.18. The highest BCUT2D eigenvalue weighted by Gasteiger charge is 2.61. The molecule has 0 spiro atoms. The highest BCUT2D eigenvalue weighted by atomic mass is 32.2. The third kappa shape index (κ3) is 6.07. The van der Waals surface area contributed by atoms with E-state index < -0.39 is 68.0 Å². The summed E-state index contributed by atoms with van der Waals surface area (Å²) in [6.07, 6.45) is 8.18. The molecule has 2 N–H and O–H groups in total. The van der Waals surface area contributed by atoms with Gasteiger partial charge in [-0.15, -0.1) is 6.58 Å². The summed E-state index contributed by atoms with van der Waals surface area (Å²) >= 11 is 0. The summed E-state index contributed by atoms with van der Waals surface area (Å²) in [5.74, 6) is -3.80. The van der Waals surface area contributed by atoms with E-state index >= 15 is 0 Å². The van der Waals surface area contributed by atoms with Gasteiger partial charge in [0.15, 0.2) is 0 Å².